The molecular formula is C36H37Cl2N3O4S. The van der Waals surface area contributed by atoms with Crippen molar-refractivity contribution in [2.45, 2.75) is 62.0 Å². The molecule has 1 fully saturated rings. The monoisotopic (exact) mass is 677 g/mol. The van der Waals surface area contributed by atoms with Crippen molar-refractivity contribution in [3.05, 3.63) is 130 Å². The first-order valence-electron chi connectivity index (χ1n) is 15.4. The van der Waals surface area contributed by atoms with Crippen molar-refractivity contribution in [1.29, 1.82) is 0 Å². The zero-order chi connectivity index (χ0) is 32.5. The first-order chi connectivity index (χ1) is 22.2. The van der Waals surface area contributed by atoms with Crippen LogP contribution >= 0.6 is 23.2 Å². The summed E-state index contributed by atoms with van der Waals surface area (Å²) in [7, 11) is -4.21. The van der Waals surface area contributed by atoms with Gasteiger partial charge in [0.15, 0.2) is 0 Å². The lowest BCUT2D eigenvalue weighted by Gasteiger charge is -2.35. The summed E-state index contributed by atoms with van der Waals surface area (Å²) < 4.78 is 29.2. The van der Waals surface area contributed by atoms with Crippen LogP contribution in [-0.4, -0.2) is 43.8 Å². The largest absolute Gasteiger partial charge is 0.352 e. The van der Waals surface area contributed by atoms with Crippen molar-refractivity contribution in [2.24, 2.45) is 0 Å². The molecule has 5 rings (SSSR count). The zero-order valence-electron chi connectivity index (χ0n) is 25.4. The van der Waals surface area contributed by atoms with Gasteiger partial charge in [-0.15, -0.1) is 0 Å². The molecule has 1 atom stereocenters. The van der Waals surface area contributed by atoms with Crippen molar-refractivity contribution >= 4 is 50.7 Å². The number of hydrogen-bond donors (Lipinski definition) is 1. The van der Waals surface area contributed by atoms with Gasteiger partial charge in [-0.3, -0.25) is 13.9 Å². The van der Waals surface area contributed by atoms with E-state index in [1.54, 1.807) is 54.6 Å². The highest BCUT2D eigenvalue weighted by atomic mass is 35.5. The minimum absolute atomic E-state index is 0.00284. The molecule has 1 N–H and O–H groups in total. The molecule has 0 aliphatic heterocycles. The van der Waals surface area contributed by atoms with E-state index in [1.165, 1.54) is 23.1 Å². The van der Waals surface area contributed by atoms with Crippen LogP contribution in [0.15, 0.2) is 114 Å². The molecule has 0 spiro atoms. The number of amides is 2. The number of sulfonamides is 1. The van der Waals surface area contributed by atoms with Gasteiger partial charge in [-0.1, -0.05) is 115 Å². The van der Waals surface area contributed by atoms with Gasteiger partial charge in [0.05, 0.1) is 10.6 Å². The third-order valence-corrected chi connectivity index (χ3v) is 10.6. The number of anilines is 1. The van der Waals surface area contributed by atoms with Crippen LogP contribution in [0.1, 0.15) is 43.2 Å². The fourth-order valence-corrected chi connectivity index (χ4v) is 7.60. The second kappa shape index (κ2) is 15.6. The summed E-state index contributed by atoms with van der Waals surface area (Å²) in [4.78, 5) is 30.3. The van der Waals surface area contributed by atoms with Crippen LogP contribution in [0.25, 0.3) is 0 Å². The number of carbonyl (C=O) groups is 2. The molecular weight excluding hydrogens is 641 g/mol. The third-order valence-electron chi connectivity index (χ3n) is 8.23. The third kappa shape index (κ3) is 8.49. The molecule has 1 aliphatic rings. The number of hydrogen-bond acceptors (Lipinski definition) is 4. The van der Waals surface area contributed by atoms with Crippen LogP contribution in [0.3, 0.4) is 0 Å². The smallest absolute Gasteiger partial charge is 0.264 e. The van der Waals surface area contributed by atoms with Gasteiger partial charge in [-0.05, 0) is 60.4 Å². The summed E-state index contributed by atoms with van der Waals surface area (Å²) in [6.07, 6.45) is 5.18. The predicted molar refractivity (Wildman–Crippen MR) is 183 cm³/mol. The van der Waals surface area contributed by atoms with Crippen LogP contribution in [0.4, 0.5) is 5.69 Å². The van der Waals surface area contributed by atoms with E-state index in [2.05, 4.69) is 5.32 Å². The van der Waals surface area contributed by atoms with Crippen molar-refractivity contribution in [3.63, 3.8) is 0 Å². The highest BCUT2D eigenvalue weighted by Gasteiger charge is 2.35. The van der Waals surface area contributed by atoms with Crippen LogP contribution in [-0.2, 0) is 32.6 Å². The van der Waals surface area contributed by atoms with E-state index in [0.29, 0.717) is 15.6 Å². The average molecular weight is 679 g/mol. The highest BCUT2D eigenvalue weighted by molar-refractivity contribution is 7.92. The molecule has 0 saturated heterocycles. The van der Waals surface area contributed by atoms with Crippen LogP contribution in [0.2, 0.25) is 10.0 Å². The molecule has 240 valence electrons. The Hall–Kier alpha value is -3.85. The van der Waals surface area contributed by atoms with Gasteiger partial charge in [-0.25, -0.2) is 8.42 Å². The molecule has 0 heterocycles. The fourth-order valence-electron chi connectivity index (χ4n) is 5.79. The lowest BCUT2D eigenvalue weighted by atomic mass is 9.94. The summed E-state index contributed by atoms with van der Waals surface area (Å²) in [6, 6.07) is 30.0. The van der Waals surface area contributed by atoms with E-state index in [1.807, 2.05) is 36.4 Å². The highest BCUT2D eigenvalue weighted by Crippen LogP contribution is 2.28. The number of rotatable bonds is 12. The van der Waals surface area contributed by atoms with Gasteiger partial charge in [-0.2, -0.15) is 0 Å². The SMILES string of the molecule is O=C(NC1CCCCC1)C(Cc1ccccc1)N(Cc1ccccc1Cl)C(=O)CN(c1cccc(Cl)c1)S(=O)(=O)c1ccccc1. The summed E-state index contributed by atoms with van der Waals surface area (Å²) in [5, 5.41) is 3.97. The van der Waals surface area contributed by atoms with E-state index in [0.717, 1.165) is 42.0 Å². The summed E-state index contributed by atoms with van der Waals surface area (Å²) in [6.45, 7) is -0.563. The first kappa shape index (κ1) is 33.5. The Bertz CT molecular complexity index is 1730. The Morgan fingerprint density at radius 3 is 2.13 bits per heavy atom. The molecule has 0 bridgehead atoms. The van der Waals surface area contributed by atoms with Gasteiger partial charge in [0, 0.05) is 29.1 Å². The predicted octanol–water partition coefficient (Wildman–Crippen LogP) is 7.28. The Labute approximate surface area is 281 Å². The van der Waals surface area contributed by atoms with E-state index < -0.39 is 28.5 Å². The number of carbonyl (C=O) groups excluding carboxylic acids is 2. The van der Waals surface area contributed by atoms with Crippen molar-refractivity contribution in [2.75, 3.05) is 10.8 Å². The van der Waals surface area contributed by atoms with Gasteiger partial charge in [0.25, 0.3) is 10.0 Å². The van der Waals surface area contributed by atoms with Crippen molar-refractivity contribution in [1.82, 2.24) is 10.2 Å². The lowest BCUT2D eigenvalue weighted by Crippen LogP contribution is -2.55. The Morgan fingerprint density at radius 1 is 0.804 bits per heavy atom. The minimum atomic E-state index is -4.21. The summed E-state index contributed by atoms with van der Waals surface area (Å²) in [5.74, 6) is -0.837. The fraction of sp³-hybridized carbons (Fsp3) is 0.278. The Morgan fingerprint density at radius 2 is 1.46 bits per heavy atom. The maximum Gasteiger partial charge on any atom is 0.264 e. The standard InChI is InChI=1S/C36H37Cl2N3O4S/c37-29-16-12-19-31(24-29)41(46(44,45)32-20-8-3-9-21-32)26-35(42)40(25-28-15-10-11-22-33(28)38)34(23-27-13-4-1-5-14-27)36(43)39-30-17-6-2-7-18-30/h1,3-5,8-16,19-22,24,30,34H,2,6-7,17-18,23,25-26H2,(H,39,43). The lowest BCUT2D eigenvalue weighted by molar-refractivity contribution is -0.140. The van der Waals surface area contributed by atoms with Crippen molar-refractivity contribution < 1.29 is 18.0 Å². The molecule has 0 radical (unpaired) electrons. The van der Waals surface area contributed by atoms with Crippen LogP contribution < -0.4 is 9.62 Å². The van der Waals surface area contributed by atoms with Gasteiger partial charge in [0.1, 0.15) is 12.6 Å². The zero-order valence-corrected chi connectivity index (χ0v) is 27.7. The van der Waals surface area contributed by atoms with E-state index in [9.17, 15) is 18.0 Å². The number of halogens is 2. The maximum atomic E-state index is 14.6. The minimum Gasteiger partial charge on any atom is -0.352 e. The van der Waals surface area contributed by atoms with E-state index in [-0.39, 0.29) is 35.5 Å². The van der Waals surface area contributed by atoms with Gasteiger partial charge >= 0.3 is 0 Å². The van der Waals surface area contributed by atoms with Crippen LogP contribution in [0, 0.1) is 0 Å². The summed E-state index contributed by atoms with van der Waals surface area (Å²) >= 11 is 12.9. The van der Waals surface area contributed by atoms with E-state index >= 15 is 0 Å². The van der Waals surface area contributed by atoms with Crippen LogP contribution in [0.5, 0.6) is 0 Å². The van der Waals surface area contributed by atoms with Gasteiger partial charge in [0.2, 0.25) is 11.8 Å². The quantitative estimate of drug-likeness (QED) is 0.171. The Kier molecular flexibility index (Phi) is 11.4. The molecule has 2 amide bonds. The van der Waals surface area contributed by atoms with E-state index in [4.69, 9.17) is 23.2 Å². The topological polar surface area (TPSA) is 86.8 Å². The molecule has 46 heavy (non-hydrogen) atoms. The molecule has 1 unspecified atom stereocenters. The number of nitrogens with zero attached hydrogens (tertiary/aromatic N) is 2. The Balaban J connectivity index is 1.56. The molecule has 4 aromatic carbocycles. The first-order valence-corrected chi connectivity index (χ1v) is 17.6. The molecule has 10 heteroatoms. The second-order valence-corrected chi connectivity index (χ2v) is 14.2. The van der Waals surface area contributed by atoms with Gasteiger partial charge < -0.3 is 10.2 Å². The van der Waals surface area contributed by atoms with Crippen molar-refractivity contribution in [3.8, 4) is 0 Å². The normalized spacial score (nSPS) is 14.3. The second-order valence-electron chi connectivity index (χ2n) is 11.5. The summed E-state index contributed by atoms with van der Waals surface area (Å²) in [5.41, 5.74) is 1.74. The number of benzene rings is 4. The maximum absolute atomic E-state index is 14.6. The molecule has 1 aliphatic carbocycles. The molecule has 4 aromatic rings. The molecule has 1 saturated carbocycles. The molecule has 0 aromatic heterocycles. The molecule has 7 nitrogen and oxygen atoms in total. The average Bonchev–Trinajstić information content (AvgIpc) is 3.07. The number of nitrogens with one attached hydrogen (secondary N) is 1.